The normalized spacial score (nSPS) is 12.0. The van der Waals surface area contributed by atoms with Gasteiger partial charge in [0, 0.05) is 5.56 Å². The molecule has 12 heteroatoms. The molecule has 0 aliphatic heterocycles. The molecule has 0 aliphatic carbocycles. The summed E-state index contributed by atoms with van der Waals surface area (Å²) in [6, 6.07) is 23.7. The van der Waals surface area contributed by atoms with Crippen LogP contribution in [0.3, 0.4) is 0 Å². The molecule has 5 rings (SSSR count). The van der Waals surface area contributed by atoms with E-state index >= 15 is 0 Å². The van der Waals surface area contributed by atoms with Gasteiger partial charge in [0.1, 0.15) is 16.5 Å². The Morgan fingerprint density at radius 2 is 1.60 bits per heavy atom. The highest BCUT2D eigenvalue weighted by Crippen LogP contribution is 2.34. The minimum Gasteiger partial charge on any atom is -0.481 e. The van der Waals surface area contributed by atoms with E-state index < -0.39 is 17.7 Å². The summed E-state index contributed by atoms with van der Waals surface area (Å²) in [5, 5.41) is 15.1. The fraction of sp³-hybridized carbons (Fsp3) is 0.100. The van der Waals surface area contributed by atoms with Gasteiger partial charge in [-0.15, -0.1) is 0 Å². The van der Waals surface area contributed by atoms with Gasteiger partial charge in [0.25, 0.3) is 0 Å². The maximum Gasteiger partial charge on any atom is 0.416 e. The molecule has 6 nitrogen and oxygen atoms in total. The molecule has 1 heterocycles. The van der Waals surface area contributed by atoms with E-state index in [4.69, 9.17) is 43.1 Å². The standard InChI is InChI=1S/C30H20Cl2F3N3O3S/c31-25-12-11-22(16-26(25)32)36-29-38(17-19-9-7-18(8-10-19)13-27(39)40)37-28(42-29)20-3-1-5-23(14-20)41-24-6-2-4-21(15-24)30(33,34)35/h1-12,14-16H,13,17H2,(H,39,40)/b36-29-. The maximum absolute atomic E-state index is 13.1. The highest BCUT2D eigenvalue weighted by Gasteiger charge is 2.30. The first-order valence-electron chi connectivity index (χ1n) is 12.4. The van der Waals surface area contributed by atoms with Gasteiger partial charge in [-0.05, 0) is 59.7 Å². The Morgan fingerprint density at radius 3 is 2.29 bits per heavy atom. The van der Waals surface area contributed by atoms with E-state index in [-0.39, 0.29) is 12.2 Å². The summed E-state index contributed by atoms with van der Waals surface area (Å²) in [6.45, 7) is 0.338. The first-order valence-corrected chi connectivity index (χ1v) is 13.9. The minimum absolute atomic E-state index is 0.0535. The molecule has 0 bridgehead atoms. The Kier molecular flexibility index (Phi) is 8.67. The molecule has 0 unspecified atom stereocenters. The van der Waals surface area contributed by atoms with Crippen molar-refractivity contribution in [2.24, 2.45) is 4.99 Å². The number of carbonyl (C=O) groups is 1. The molecule has 4 aromatic carbocycles. The molecule has 0 spiro atoms. The third-order valence-corrected chi connectivity index (χ3v) is 7.67. The lowest BCUT2D eigenvalue weighted by atomic mass is 10.1. The van der Waals surface area contributed by atoms with Crippen molar-refractivity contribution in [3.63, 3.8) is 0 Å². The molecule has 0 fully saturated rings. The van der Waals surface area contributed by atoms with Crippen LogP contribution in [0.25, 0.3) is 10.6 Å². The molecule has 42 heavy (non-hydrogen) atoms. The Morgan fingerprint density at radius 1 is 0.905 bits per heavy atom. The van der Waals surface area contributed by atoms with Crippen molar-refractivity contribution in [2.75, 3.05) is 0 Å². The van der Waals surface area contributed by atoms with Gasteiger partial charge in [-0.25, -0.2) is 9.67 Å². The number of ether oxygens (including phenoxy) is 1. The Hall–Kier alpha value is -4.12. The molecule has 1 aromatic heterocycles. The summed E-state index contributed by atoms with van der Waals surface area (Å²) in [7, 11) is 0. The van der Waals surface area contributed by atoms with Gasteiger partial charge >= 0.3 is 12.1 Å². The number of nitrogens with zero attached hydrogens (tertiary/aromatic N) is 3. The van der Waals surface area contributed by atoms with Crippen molar-refractivity contribution in [1.82, 2.24) is 9.78 Å². The molecule has 214 valence electrons. The second-order valence-electron chi connectivity index (χ2n) is 9.10. The lowest BCUT2D eigenvalue weighted by molar-refractivity contribution is -0.138. The largest absolute Gasteiger partial charge is 0.481 e. The predicted octanol–water partition coefficient (Wildman–Crippen LogP) is 8.64. The van der Waals surface area contributed by atoms with E-state index in [1.54, 1.807) is 53.2 Å². The number of carboxylic acids is 1. The maximum atomic E-state index is 13.1. The van der Waals surface area contributed by atoms with E-state index in [9.17, 15) is 18.0 Å². The summed E-state index contributed by atoms with van der Waals surface area (Å²) in [5.74, 6) is -0.522. The fourth-order valence-corrected chi connectivity index (χ4v) is 5.16. The van der Waals surface area contributed by atoms with Crippen LogP contribution >= 0.6 is 34.5 Å². The lowest BCUT2D eigenvalue weighted by Gasteiger charge is -2.10. The highest BCUT2D eigenvalue weighted by molar-refractivity contribution is 7.12. The summed E-state index contributed by atoms with van der Waals surface area (Å²) >= 11 is 13.5. The number of rotatable bonds is 8. The van der Waals surface area contributed by atoms with Gasteiger partial charge in [-0.2, -0.15) is 18.3 Å². The van der Waals surface area contributed by atoms with Crippen LogP contribution in [-0.4, -0.2) is 20.9 Å². The Labute approximate surface area is 251 Å². The molecule has 0 radical (unpaired) electrons. The van der Waals surface area contributed by atoms with Crippen molar-refractivity contribution in [3.05, 3.63) is 123 Å². The number of hydrogen-bond acceptors (Lipinski definition) is 5. The van der Waals surface area contributed by atoms with Gasteiger partial charge in [-0.1, -0.05) is 77.0 Å². The number of alkyl halides is 3. The van der Waals surface area contributed by atoms with Crippen molar-refractivity contribution in [1.29, 1.82) is 0 Å². The molecular formula is C30H20Cl2F3N3O3S. The Bertz CT molecular complexity index is 1820. The van der Waals surface area contributed by atoms with Gasteiger partial charge < -0.3 is 9.84 Å². The average molecular weight is 630 g/mol. The van der Waals surface area contributed by atoms with E-state index in [2.05, 4.69) is 0 Å². The molecule has 5 aromatic rings. The highest BCUT2D eigenvalue weighted by atomic mass is 35.5. The SMILES string of the molecule is O=C(O)Cc1ccc(Cn2nc(-c3cccc(Oc4cccc(C(F)(F)F)c4)c3)s/c2=N\c2ccc(Cl)c(Cl)c2)cc1. The van der Waals surface area contributed by atoms with Gasteiger partial charge in [0.2, 0.25) is 4.80 Å². The summed E-state index contributed by atoms with van der Waals surface area (Å²) in [6.07, 6.45) is -4.56. The molecule has 0 saturated heterocycles. The van der Waals surface area contributed by atoms with Crippen molar-refractivity contribution >= 4 is 46.2 Å². The number of carboxylic acid groups (broad SMARTS) is 1. The zero-order valence-corrected chi connectivity index (χ0v) is 23.8. The lowest BCUT2D eigenvalue weighted by Crippen LogP contribution is -2.17. The molecule has 0 amide bonds. The van der Waals surface area contributed by atoms with Crippen LogP contribution in [0.4, 0.5) is 18.9 Å². The van der Waals surface area contributed by atoms with Crippen molar-refractivity contribution in [3.8, 4) is 22.1 Å². The number of benzene rings is 4. The number of halogens is 5. The third-order valence-electron chi connectivity index (χ3n) is 5.94. The zero-order valence-electron chi connectivity index (χ0n) is 21.5. The van der Waals surface area contributed by atoms with Crippen LogP contribution < -0.4 is 9.54 Å². The number of aromatic nitrogens is 2. The summed E-state index contributed by atoms with van der Waals surface area (Å²) in [4.78, 5) is 16.3. The number of hydrogen-bond donors (Lipinski definition) is 1. The average Bonchev–Trinajstić information content (AvgIpc) is 3.33. The van der Waals surface area contributed by atoms with Crippen molar-refractivity contribution < 1.29 is 27.8 Å². The third kappa shape index (κ3) is 7.39. The topological polar surface area (TPSA) is 76.7 Å². The number of aliphatic carboxylic acids is 1. The summed E-state index contributed by atoms with van der Waals surface area (Å²) < 4.78 is 46.9. The van der Waals surface area contributed by atoms with Gasteiger partial charge in [0.15, 0.2) is 0 Å². The first-order chi connectivity index (χ1) is 20.0. The van der Waals surface area contributed by atoms with Crippen molar-refractivity contribution in [2.45, 2.75) is 19.1 Å². The van der Waals surface area contributed by atoms with E-state index in [1.807, 2.05) is 18.2 Å². The molecule has 1 N–H and O–H groups in total. The second-order valence-corrected chi connectivity index (χ2v) is 10.9. The van der Waals surface area contributed by atoms with Crippen LogP contribution in [0.15, 0.2) is 96.0 Å². The smallest absolute Gasteiger partial charge is 0.416 e. The Balaban J connectivity index is 1.49. The van der Waals surface area contributed by atoms with Gasteiger partial charge in [-0.3, -0.25) is 4.79 Å². The van der Waals surface area contributed by atoms with E-state index in [0.29, 0.717) is 49.0 Å². The monoisotopic (exact) mass is 629 g/mol. The van der Waals surface area contributed by atoms with Crippen LogP contribution in [-0.2, 0) is 23.9 Å². The second kappa shape index (κ2) is 12.4. The van der Waals surface area contributed by atoms with E-state index in [0.717, 1.165) is 17.7 Å². The molecule has 0 aliphatic rings. The quantitative estimate of drug-likeness (QED) is 0.186. The minimum atomic E-state index is -4.49. The molecule has 0 saturated carbocycles. The zero-order chi connectivity index (χ0) is 29.9. The van der Waals surface area contributed by atoms with Gasteiger partial charge in [0.05, 0.1) is 34.3 Å². The summed E-state index contributed by atoms with van der Waals surface area (Å²) in [5.41, 5.74) is 1.98. The molecular weight excluding hydrogens is 610 g/mol. The van der Waals surface area contributed by atoms with Crippen LogP contribution in [0.1, 0.15) is 16.7 Å². The molecule has 0 atom stereocenters. The van der Waals surface area contributed by atoms with Crippen LogP contribution in [0.2, 0.25) is 10.0 Å². The fourth-order valence-electron chi connectivity index (χ4n) is 3.95. The van der Waals surface area contributed by atoms with E-state index in [1.165, 1.54) is 23.5 Å². The van der Waals surface area contributed by atoms with Crippen LogP contribution in [0, 0.1) is 0 Å². The van der Waals surface area contributed by atoms with Crippen LogP contribution in [0.5, 0.6) is 11.5 Å². The predicted molar refractivity (Wildman–Crippen MR) is 156 cm³/mol. The first kappa shape index (κ1) is 29.4.